The second kappa shape index (κ2) is 10.1. The van der Waals surface area contributed by atoms with Gasteiger partial charge in [-0.05, 0) is 48.4 Å². The van der Waals surface area contributed by atoms with Crippen LogP contribution in [0.3, 0.4) is 0 Å². The van der Waals surface area contributed by atoms with Crippen LogP contribution in [0, 0.1) is 12.8 Å². The molecule has 1 saturated heterocycles. The van der Waals surface area contributed by atoms with Gasteiger partial charge >= 0.3 is 4.87 Å². The van der Waals surface area contributed by atoms with Crippen LogP contribution in [0.4, 0.5) is 11.4 Å². The molecule has 196 valence electrons. The number of carbonyl (C=O) groups is 3. The van der Waals surface area contributed by atoms with Gasteiger partial charge in [-0.1, -0.05) is 83.2 Å². The fraction of sp³-hybridized carbons (Fsp3) is 0.172. The summed E-state index contributed by atoms with van der Waals surface area (Å²) in [6.07, 6.45) is 0. The van der Waals surface area contributed by atoms with Crippen LogP contribution in [0.5, 0.6) is 0 Å². The number of imide groups is 1. The molecule has 4 aromatic rings. The number of thiazole rings is 1. The quantitative estimate of drug-likeness (QED) is 0.326. The number of amides is 3. The monoisotopic (exact) mass is 575 g/mol. The number of hydrogen-bond acceptors (Lipinski definition) is 6. The minimum absolute atomic E-state index is 0.207. The van der Waals surface area contributed by atoms with Crippen LogP contribution in [0.25, 0.3) is 0 Å². The molecule has 7 nitrogen and oxygen atoms in total. The largest absolute Gasteiger partial charge is 0.324 e. The number of anilines is 2. The Balaban J connectivity index is 1.42. The molecule has 3 aromatic carbocycles. The van der Waals surface area contributed by atoms with E-state index < -0.39 is 17.1 Å². The number of carbonyl (C=O) groups excluding carboxylic acids is 3. The van der Waals surface area contributed by atoms with Crippen LogP contribution >= 0.6 is 34.7 Å². The van der Waals surface area contributed by atoms with E-state index in [0.29, 0.717) is 26.3 Å². The zero-order valence-corrected chi connectivity index (χ0v) is 23.1. The van der Waals surface area contributed by atoms with Crippen molar-refractivity contribution in [2.24, 2.45) is 5.92 Å². The molecule has 3 atom stereocenters. The number of aryl methyl sites for hydroxylation is 1. The van der Waals surface area contributed by atoms with E-state index >= 15 is 0 Å². The Morgan fingerprint density at radius 2 is 1.62 bits per heavy atom. The molecule has 1 fully saturated rings. The van der Waals surface area contributed by atoms with Gasteiger partial charge in [-0.2, -0.15) is 0 Å². The molecule has 0 unspecified atom stereocenters. The number of aromatic nitrogens is 1. The summed E-state index contributed by atoms with van der Waals surface area (Å²) in [5.74, 6) is -2.23. The average Bonchev–Trinajstić information content (AvgIpc) is 3.37. The molecule has 2 aliphatic rings. The SMILES string of the molecule is Cc1ccccc1NC(=O)Cn1c2c(sc1=O)[C@@H](c1ccc(Cl)cc1)[C@@H]1C(=O)N(c3ccccc3)C(=O)[C@@H]1S2. The highest BCUT2D eigenvalue weighted by Gasteiger charge is 2.56. The molecule has 3 amide bonds. The second-order valence-corrected chi connectivity index (χ2v) is 12.0. The van der Waals surface area contributed by atoms with Crippen molar-refractivity contribution >= 4 is 63.8 Å². The molecule has 2 aliphatic heterocycles. The van der Waals surface area contributed by atoms with Crippen LogP contribution in [0.15, 0.2) is 88.7 Å². The molecule has 1 N–H and O–H groups in total. The van der Waals surface area contributed by atoms with E-state index in [2.05, 4.69) is 5.32 Å². The van der Waals surface area contributed by atoms with Gasteiger partial charge in [0.15, 0.2) is 0 Å². The first-order valence-corrected chi connectivity index (χ1v) is 14.3. The number of benzene rings is 3. The highest BCUT2D eigenvalue weighted by molar-refractivity contribution is 8.00. The molecular weight excluding hydrogens is 554 g/mol. The predicted molar refractivity (Wildman–Crippen MR) is 154 cm³/mol. The molecule has 6 rings (SSSR count). The number of para-hydroxylation sites is 2. The highest BCUT2D eigenvalue weighted by Crippen LogP contribution is 2.53. The molecule has 0 bridgehead atoms. The van der Waals surface area contributed by atoms with Crippen molar-refractivity contribution in [3.05, 3.63) is 110 Å². The summed E-state index contributed by atoms with van der Waals surface area (Å²) in [6, 6.07) is 23.4. The fourth-order valence-electron chi connectivity index (χ4n) is 5.16. The first kappa shape index (κ1) is 25.6. The average molecular weight is 576 g/mol. The summed E-state index contributed by atoms with van der Waals surface area (Å²) >= 11 is 8.36. The molecule has 39 heavy (non-hydrogen) atoms. The zero-order chi connectivity index (χ0) is 27.3. The minimum atomic E-state index is -0.745. The van der Waals surface area contributed by atoms with Crippen molar-refractivity contribution in [2.45, 2.75) is 29.7 Å². The van der Waals surface area contributed by atoms with Crippen LogP contribution in [-0.4, -0.2) is 27.5 Å². The number of hydrogen-bond donors (Lipinski definition) is 1. The van der Waals surface area contributed by atoms with Crippen molar-refractivity contribution in [3.63, 3.8) is 0 Å². The van der Waals surface area contributed by atoms with Crippen molar-refractivity contribution in [1.82, 2.24) is 4.57 Å². The third kappa shape index (κ3) is 4.50. The van der Waals surface area contributed by atoms with E-state index in [-0.39, 0.29) is 29.1 Å². The van der Waals surface area contributed by atoms with E-state index in [1.165, 1.54) is 21.2 Å². The Kier molecular flexibility index (Phi) is 6.66. The molecule has 0 spiro atoms. The number of thioether (sulfide) groups is 1. The Labute approximate surface area is 237 Å². The number of rotatable bonds is 5. The Morgan fingerprint density at radius 1 is 0.923 bits per heavy atom. The minimum Gasteiger partial charge on any atom is -0.324 e. The zero-order valence-electron chi connectivity index (χ0n) is 20.7. The normalized spacial score (nSPS) is 20.1. The number of nitrogens with zero attached hydrogens (tertiary/aromatic N) is 2. The maximum absolute atomic E-state index is 13.8. The van der Waals surface area contributed by atoms with Gasteiger partial charge in [0.05, 0.1) is 16.6 Å². The number of fused-ring (bicyclic) bond motifs is 2. The van der Waals surface area contributed by atoms with E-state index in [0.717, 1.165) is 22.5 Å². The standard InChI is InChI=1S/C29H22ClN3O4S2/c1-16-7-5-6-10-20(16)31-21(34)15-32-28-25(39-29(32)37)22(17-11-13-18(30)14-12-17)23-24(38-28)27(36)33(26(23)35)19-8-3-2-4-9-19/h2-14,22-24H,15H2,1H3,(H,31,34)/t22-,23-,24+/m0/s1. The highest BCUT2D eigenvalue weighted by atomic mass is 35.5. The van der Waals surface area contributed by atoms with Crippen LogP contribution in [0.1, 0.15) is 21.9 Å². The Morgan fingerprint density at radius 3 is 2.33 bits per heavy atom. The van der Waals surface area contributed by atoms with Crippen LogP contribution in [0.2, 0.25) is 5.02 Å². The van der Waals surface area contributed by atoms with Gasteiger partial charge in [-0.25, -0.2) is 4.90 Å². The van der Waals surface area contributed by atoms with E-state index in [1.807, 2.05) is 43.3 Å². The summed E-state index contributed by atoms with van der Waals surface area (Å²) < 4.78 is 1.42. The lowest BCUT2D eigenvalue weighted by Gasteiger charge is -2.30. The van der Waals surface area contributed by atoms with Gasteiger partial charge in [-0.15, -0.1) is 0 Å². The van der Waals surface area contributed by atoms with Crippen molar-refractivity contribution < 1.29 is 14.4 Å². The lowest BCUT2D eigenvalue weighted by molar-refractivity contribution is -0.122. The Bertz CT molecular complexity index is 1670. The first-order chi connectivity index (χ1) is 18.8. The summed E-state index contributed by atoms with van der Waals surface area (Å²) in [5, 5.41) is 3.21. The van der Waals surface area contributed by atoms with Gasteiger partial charge in [0.25, 0.3) is 0 Å². The molecule has 1 aromatic heterocycles. The molecule has 0 aliphatic carbocycles. The molecule has 0 radical (unpaired) electrons. The van der Waals surface area contributed by atoms with Crippen molar-refractivity contribution in [1.29, 1.82) is 0 Å². The Hall–Kier alpha value is -3.66. The number of halogens is 1. The van der Waals surface area contributed by atoms with E-state index in [9.17, 15) is 19.2 Å². The van der Waals surface area contributed by atoms with E-state index in [1.54, 1.807) is 42.5 Å². The third-order valence-electron chi connectivity index (χ3n) is 7.01. The molecule has 10 heteroatoms. The van der Waals surface area contributed by atoms with Crippen molar-refractivity contribution in [3.8, 4) is 0 Å². The third-order valence-corrected chi connectivity index (χ3v) is 9.87. The summed E-state index contributed by atoms with van der Waals surface area (Å²) in [7, 11) is 0. The second-order valence-electron chi connectivity index (χ2n) is 9.43. The predicted octanol–water partition coefficient (Wildman–Crippen LogP) is 5.31. The molecule has 3 heterocycles. The van der Waals surface area contributed by atoms with E-state index in [4.69, 9.17) is 11.6 Å². The summed E-state index contributed by atoms with van der Waals surface area (Å²) in [5.41, 5.74) is 2.86. The van der Waals surface area contributed by atoms with Gasteiger partial charge in [0.2, 0.25) is 17.7 Å². The first-order valence-electron chi connectivity index (χ1n) is 12.3. The maximum Gasteiger partial charge on any atom is 0.308 e. The molecular formula is C29H22ClN3O4S2. The summed E-state index contributed by atoms with van der Waals surface area (Å²) in [4.78, 5) is 55.4. The summed E-state index contributed by atoms with van der Waals surface area (Å²) in [6.45, 7) is 1.68. The van der Waals surface area contributed by atoms with Gasteiger partial charge in [0, 0.05) is 21.5 Å². The van der Waals surface area contributed by atoms with Gasteiger partial charge in [-0.3, -0.25) is 23.7 Å². The van der Waals surface area contributed by atoms with Crippen molar-refractivity contribution in [2.75, 3.05) is 10.2 Å². The fourth-order valence-corrected chi connectivity index (χ4v) is 8.06. The number of nitrogens with one attached hydrogen (secondary N) is 1. The lowest BCUT2D eigenvalue weighted by Crippen LogP contribution is -2.33. The lowest BCUT2D eigenvalue weighted by atomic mass is 9.83. The van der Waals surface area contributed by atoms with Gasteiger partial charge < -0.3 is 5.32 Å². The van der Waals surface area contributed by atoms with Gasteiger partial charge in [0.1, 0.15) is 11.8 Å². The topological polar surface area (TPSA) is 88.5 Å². The smallest absolute Gasteiger partial charge is 0.308 e. The maximum atomic E-state index is 13.8. The van der Waals surface area contributed by atoms with Crippen LogP contribution in [-0.2, 0) is 20.9 Å². The van der Waals surface area contributed by atoms with Crippen LogP contribution < -0.4 is 15.1 Å². The molecule has 0 saturated carbocycles.